The van der Waals surface area contributed by atoms with Crippen LogP contribution in [0.1, 0.15) is 48.2 Å². The van der Waals surface area contributed by atoms with Gasteiger partial charge in [0.25, 0.3) is 0 Å². The second-order valence-corrected chi connectivity index (χ2v) is 5.48. The standard InChI is InChI=1S/C18H20O4/c1-11(2)22-17-14(9-10-15(19)16(17)18(20)21)12(3)13-7-5-4-6-8-13/h4-12,19H,1-3H3,(H,20,21). The zero-order valence-electron chi connectivity index (χ0n) is 12.9. The Bertz CT molecular complexity index is 662. The minimum atomic E-state index is -1.20. The van der Waals surface area contributed by atoms with E-state index in [1.807, 2.05) is 51.1 Å². The van der Waals surface area contributed by atoms with Crippen LogP contribution in [0.5, 0.6) is 11.5 Å². The topological polar surface area (TPSA) is 66.8 Å². The molecule has 1 unspecified atom stereocenters. The third-order valence-electron chi connectivity index (χ3n) is 3.50. The molecule has 0 radical (unpaired) electrons. The van der Waals surface area contributed by atoms with Crippen molar-refractivity contribution in [3.63, 3.8) is 0 Å². The summed E-state index contributed by atoms with van der Waals surface area (Å²) in [4.78, 5) is 11.5. The predicted octanol–water partition coefficient (Wildman–Crippen LogP) is 4.03. The number of aromatic carboxylic acids is 1. The summed E-state index contributed by atoms with van der Waals surface area (Å²) in [6, 6.07) is 12.9. The molecule has 22 heavy (non-hydrogen) atoms. The van der Waals surface area contributed by atoms with Gasteiger partial charge in [-0.25, -0.2) is 4.79 Å². The molecule has 0 saturated carbocycles. The van der Waals surface area contributed by atoms with Gasteiger partial charge >= 0.3 is 5.97 Å². The van der Waals surface area contributed by atoms with Gasteiger partial charge in [-0.3, -0.25) is 0 Å². The van der Waals surface area contributed by atoms with Gasteiger partial charge in [0.05, 0.1) is 6.10 Å². The zero-order valence-corrected chi connectivity index (χ0v) is 12.9. The van der Waals surface area contributed by atoms with E-state index in [4.69, 9.17) is 4.74 Å². The first-order valence-corrected chi connectivity index (χ1v) is 7.22. The van der Waals surface area contributed by atoms with E-state index < -0.39 is 5.97 Å². The minimum absolute atomic E-state index is 0.0475. The van der Waals surface area contributed by atoms with Crippen LogP contribution in [0.15, 0.2) is 42.5 Å². The first-order chi connectivity index (χ1) is 10.4. The van der Waals surface area contributed by atoms with E-state index in [-0.39, 0.29) is 29.1 Å². The van der Waals surface area contributed by atoms with E-state index in [1.54, 1.807) is 6.07 Å². The number of carboxylic acids is 1. The molecule has 0 saturated heterocycles. The summed E-state index contributed by atoms with van der Waals surface area (Å²) >= 11 is 0. The van der Waals surface area contributed by atoms with E-state index in [1.165, 1.54) is 6.07 Å². The van der Waals surface area contributed by atoms with E-state index in [0.29, 0.717) is 0 Å². The normalized spacial score (nSPS) is 12.2. The third-order valence-corrected chi connectivity index (χ3v) is 3.50. The van der Waals surface area contributed by atoms with Gasteiger partial charge in [0.2, 0.25) is 0 Å². The van der Waals surface area contributed by atoms with Crippen molar-refractivity contribution < 1.29 is 19.7 Å². The van der Waals surface area contributed by atoms with Crippen LogP contribution in [0, 0.1) is 0 Å². The quantitative estimate of drug-likeness (QED) is 0.875. The van der Waals surface area contributed by atoms with Crippen molar-refractivity contribution in [2.24, 2.45) is 0 Å². The molecular formula is C18H20O4. The van der Waals surface area contributed by atoms with Crippen LogP contribution in [-0.4, -0.2) is 22.3 Å². The molecule has 0 fully saturated rings. The molecule has 2 N–H and O–H groups in total. The summed E-state index contributed by atoms with van der Waals surface area (Å²) < 4.78 is 5.72. The Hall–Kier alpha value is -2.49. The molecule has 0 aliphatic heterocycles. The second-order valence-electron chi connectivity index (χ2n) is 5.48. The molecule has 2 rings (SSSR count). The van der Waals surface area contributed by atoms with Gasteiger partial charge in [-0.1, -0.05) is 43.3 Å². The average molecular weight is 300 g/mol. The number of carboxylic acid groups (broad SMARTS) is 1. The Kier molecular flexibility index (Phi) is 4.71. The molecule has 1 atom stereocenters. The number of phenols is 1. The molecule has 2 aromatic carbocycles. The molecule has 2 aromatic rings. The van der Waals surface area contributed by atoms with Crippen LogP contribution in [0.2, 0.25) is 0 Å². The average Bonchev–Trinajstić information content (AvgIpc) is 2.47. The molecule has 4 heteroatoms. The third kappa shape index (κ3) is 3.22. The van der Waals surface area contributed by atoms with Crippen molar-refractivity contribution >= 4 is 5.97 Å². The van der Waals surface area contributed by atoms with Crippen LogP contribution in [0.25, 0.3) is 0 Å². The number of ether oxygens (including phenoxy) is 1. The number of carbonyl (C=O) groups is 1. The van der Waals surface area contributed by atoms with Gasteiger partial charge in [-0.05, 0) is 25.5 Å². The Balaban J connectivity index is 2.60. The van der Waals surface area contributed by atoms with Crippen LogP contribution in [-0.2, 0) is 0 Å². The molecule has 4 nitrogen and oxygen atoms in total. The van der Waals surface area contributed by atoms with Crippen molar-refractivity contribution in [1.29, 1.82) is 0 Å². The van der Waals surface area contributed by atoms with Crippen LogP contribution in [0.4, 0.5) is 0 Å². The largest absolute Gasteiger partial charge is 0.507 e. The second kappa shape index (κ2) is 6.52. The van der Waals surface area contributed by atoms with Gasteiger partial charge in [0.15, 0.2) is 0 Å². The first kappa shape index (κ1) is 15.9. The summed E-state index contributed by atoms with van der Waals surface area (Å²) in [6.45, 7) is 5.64. The maximum absolute atomic E-state index is 11.5. The van der Waals surface area contributed by atoms with Gasteiger partial charge in [0, 0.05) is 11.5 Å². The van der Waals surface area contributed by atoms with Gasteiger partial charge in [-0.15, -0.1) is 0 Å². The molecular weight excluding hydrogens is 280 g/mol. The van der Waals surface area contributed by atoms with Gasteiger partial charge in [-0.2, -0.15) is 0 Å². The summed E-state index contributed by atoms with van der Waals surface area (Å²) in [6.07, 6.45) is -0.193. The maximum atomic E-state index is 11.5. The van der Waals surface area contributed by atoms with Crippen molar-refractivity contribution in [3.8, 4) is 11.5 Å². The van der Waals surface area contributed by atoms with Crippen molar-refractivity contribution in [2.75, 3.05) is 0 Å². The smallest absolute Gasteiger partial charge is 0.343 e. The fourth-order valence-corrected chi connectivity index (χ4v) is 2.42. The van der Waals surface area contributed by atoms with Crippen molar-refractivity contribution in [3.05, 3.63) is 59.2 Å². The number of benzene rings is 2. The Morgan fingerprint density at radius 2 is 1.68 bits per heavy atom. The Morgan fingerprint density at radius 3 is 2.23 bits per heavy atom. The fourth-order valence-electron chi connectivity index (χ4n) is 2.42. The highest BCUT2D eigenvalue weighted by Gasteiger charge is 2.24. The van der Waals surface area contributed by atoms with E-state index in [2.05, 4.69) is 0 Å². The Labute approximate surface area is 130 Å². The SMILES string of the molecule is CC(C)Oc1c(C(C)c2ccccc2)ccc(O)c1C(=O)O. The summed E-state index contributed by atoms with van der Waals surface area (Å²) in [5, 5.41) is 19.3. The number of hydrogen-bond donors (Lipinski definition) is 2. The lowest BCUT2D eigenvalue weighted by Crippen LogP contribution is -2.13. The van der Waals surface area contributed by atoms with Gasteiger partial charge in [0.1, 0.15) is 17.1 Å². The summed E-state index contributed by atoms with van der Waals surface area (Å²) in [7, 11) is 0. The molecule has 0 spiro atoms. The molecule has 0 aliphatic rings. The predicted molar refractivity (Wildman–Crippen MR) is 84.8 cm³/mol. The van der Waals surface area contributed by atoms with E-state index in [0.717, 1.165) is 11.1 Å². The maximum Gasteiger partial charge on any atom is 0.343 e. The highest BCUT2D eigenvalue weighted by Crippen LogP contribution is 2.38. The highest BCUT2D eigenvalue weighted by atomic mass is 16.5. The Morgan fingerprint density at radius 1 is 1.05 bits per heavy atom. The molecule has 116 valence electrons. The molecule has 0 heterocycles. The van der Waals surface area contributed by atoms with Crippen LogP contribution in [0.3, 0.4) is 0 Å². The van der Waals surface area contributed by atoms with Crippen molar-refractivity contribution in [1.82, 2.24) is 0 Å². The molecule has 0 bridgehead atoms. The van der Waals surface area contributed by atoms with E-state index in [9.17, 15) is 15.0 Å². The highest BCUT2D eigenvalue weighted by molar-refractivity contribution is 5.94. The molecule has 0 aliphatic carbocycles. The fraction of sp³-hybridized carbons (Fsp3) is 0.278. The first-order valence-electron chi connectivity index (χ1n) is 7.22. The molecule has 0 amide bonds. The van der Waals surface area contributed by atoms with Crippen LogP contribution >= 0.6 is 0 Å². The minimum Gasteiger partial charge on any atom is -0.507 e. The number of aromatic hydroxyl groups is 1. The summed E-state index contributed by atoms with van der Waals surface area (Å²) in [5.74, 6) is -1.30. The lowest BCUT2D eigenvalue weighted by Gasteiger charge is -2.21. The van der Waals surface area contributed by atoms with Crippen LogP contribution < -0.4 is 4.74 Å². The number of hydrogen-bond acceptors (Lipinski definition) is 3. The lowest BCUT2D eigenvalue weighted by molar-refractivity contribution is 0.0686. The van der Waals surface area contributed by atoms with Crippen molar-refractivity contribution in [2.45, 2.75) is 32.8 Å². The monoisotopic (exact) mass is 300 g/mol. The van der Waals surface area contributed by atoms with Gasteiger partial charge < -0.3 is 14.9 Å². The molecule has 0 aromatic heterocycles. The summed E-state index contributed by atoms with van der Waals surface area (Å²) in [5.41, 5.74) is 1.61. The number of rotatable bonds is 5. The zero-order chi connectivity index (χ0) is 16.3. The lowest BCUT2D eigenvalue weighted by atomic mass is 9.90. The van der Waals surface area contributed by atoms with E-state index >= 15 is 0 Å².